The number of nitrogens with zero attached hydrogens (tertiary/aromatic N) is 4. The number of likely N-dealkylation sites (N-methyl/N-ethyl adjacent to an activating group) is 1. The van der Waals surface area contributed by atoms with Gasteiger partial charge in [0, 0.05) is 12.6 Å². The molecular formula is C32H27F7N4O3. The molecule has 3 amide bonds. The Labute approximate surface area is 258 Å². The van der Waals surface area contributed by atoms with E-state index in [4.69, 9.17) is 0 Å². The number of amides is 3. The molecule has 3 fully saturated rings. The number of halogens is 7. The molecule has 7 nitrogen and oxygen atoms in total. The molecule has 1 aliphatic carbocycles. The number of aromatic nitrogens is 1. The topological polar surface area (TPSA) is 73.8 Å². The highest BCUT2D eigenvalue weighted by molar-refractivity contribution is 6.19. The van der Waals surface area contributed by atoms with Gasteiger partial charge < -0.3 is 4.90 Å². The maximum atomic E-state index is 14.1. The molecule has 1 atom stereocenters. The van der Waals surface area contributed by atoms with Crippen molar-refractivity contribution in [2.45, 2.75) is 56.4 Å². The zero-order valence-corrected chi connectivity index (χ0v) is 24.6. The molecule has 1 aromatic heterocycles. The number of fused-ring (bicyclic) bond motifs is 1. The van der Waals surface area contributed by atoms with Crippen molar-refractivity contribution in [1.29, 1.82) is 0 Å². The van der Waals surface area contributed by atoms with Crippen LogP contribution in [0, 0.1) is 12.7 Å². The second-order valence-electron chi connectivity index (χ2n) is 12.0. The van der Waals surface area contributed by atoms with Gasteiger partial charge in [-0.1, -0.05) is 6.07 Å². The Morgan fingerprint density at radius 3 is 2.20 bits per heavy atom. The maximum Gasteiger partial charge on any atom is 0.416 e. The lowest BCUT2D eigenvalue weighted by Gasteiger charge is -2.35. The van der Waals surface area contributed by atoms with Gasteiger partial charge in [-0.25, -0.2) is 14.3 Å². The largest absolute Gasteiger partial charge is 0.416 e. The second-order valence-corrected chi connectivity index (χ2v) is 12.0. The highest BCUT2D eigenvalue weighted by Crippen LogP contribution is 2.52. The third kappa shape index (κ3) is 5.41. The lowest BCUT2D eigenvalue weighted by atomic mass is 9.90. The average molecular weight is 649 g/mol. The van der Waals surface area contributed by atoms with E-state index in [0.29, 0.717) is 36.2 Å². The highest BCUT2D eigenvalue weighted by Gasteiger charge is 2.54. The number of imide groups is 1. The number of piperazine rings is 1. The van der Waals surface area contributed by atoms with Crippen molar-refractivity contribution in [2.75, 3.05) is 29.9 Å². The Kier molecular flexibility index (Phi) is 7.49. The summed E-state index contributed by atoms with van der Waals surface area (Å²) in [6, 6.07) is 5.90. The third-order valence-electron chi connectivity index (χ3n) is 9.00. The summed E-state index contributed by atoms with van der Waals surface area (Å²) in [5, 5.41) is 0. The summed E-state index contributed by atoms with van der Waals surface area (Å²) < 4.78 is 95.9. The monoisotopic (exact) mass is 648 g/mol. The number of anilines is 2. The van der Waals surface area contributed by atoms with Crippen molar-refractivity contribution < 1.29 is 45.1 Å². The zero-order chi connectivity index (χ0) is 33.3. The molecule has 2 saturated heterocycles. The van der Waals surface area contributed by atoms with E-state index in [1.54, 1.807) is 11.8 Å². The normalized spacial score (nSPS) is 19.8. The smallest absolute Gasteiger partial charge is 0.313 e. The number of aryl methyl sites for hydroxylation is 1. The molecule has 0 radical (unpaired) electrons. The van der Waals surface area contributed by atoms with Crippen molar-refractivity contribution in [3.63, 3.8) is 0 Å². The molecule has 46 heavy (non-hydrogen) atoms. The molecule has 3 heterocycles. The Hall–Kier alpha value is -4.33. The number of benzene rings is 2. The minimum Gasteiger partial charge on any atom is -0.313 e. The van der Waals surface area contributed by atoms with E-state index in [1.165, 1.54) is 37.5 Å². The third-order valence-corrected chi connectivity index (χ3v) is 9.00. The van der Waals surface area contributed by atoms with Gasteiger partial charge in [0.05, 0.1) is 41.0 Å². The maximum absolute atomic E-state index is 14.1. The number of rotatable bonds is 5. The van der Waals surface area contributed by atoms with Gasteiger partial charge in [0.2, 0.25) is 11.8 Å². The summed E-state index contributed by atoms with van der Waals surface area (Å²) in [7, 11) is 1.31. The van der Waals surface area contributed by atoms with Gasteiger partial charge in [-0.2, -0.15) is 26.3 Å². The van der Waals surface area contributed by atoms with Crippen molar-refractivity contribution in [3.8, 4) is 11.1 Å². The fourth-order valence-electron chi connectivity index (χ4n) is 6.44. The molecule has 2 aromatic carbocycles. The molecular weight excluding hydrogens is 621 g/mol. The number of hydrogen-bond donors (Lipinski definition) is 0. The molecule has 3 aromatic rings. The van der Waals surface area contributed by atoms with Gasteiger partial charge in [0.1, 0.15) is 11.6 Å². The molecule has 0 unspecified atom stereocenters. The molecule has 242 valence electrons. The van der Waals surface area contributed by atoms with Crippen LogP contribution in [0.4, 0.5) is 42.2 Å². The van der Waals surface area contributed by atoms with Crippen LogP contribution in [0.1, 0.15) is 47.9 Å². The van der Waals surface area contributed by atoms with E-state index in [1.807, 2.05) is 0 Å². The average Bonchev–Trinajstić information content (AvgIpc) is 3.66. The van der Waals surface area contributed by atoms with Gasteiger partial charge in [-0.3, -0.25) is 19.3 Å². The van der Waals surface area contributed by atoms with Crippen LogP contribution in [0.15, 0.2) is 48.7 Å². The first kappa shape index (κ1) is 31.6. The molecule has 14 heteroatoms. The molecule has 1 saturated carbocycles. The van der Waals surface area contributed by atoms with Crippen LogP contribution in [0.5, 0.6) is 0 Å². The van der Waals surface area contributed by atoms with Crippen LogP contribution >= 0.6 is 0 Å². The van der Waals surface area contributed by atoms with E-state index < -0.39 is 64.0 Å². The zero-order valence-electron chi connectivity index (χ0n) is 24.6. The first-order valence-corrected chi connectivity index (χ1v) is 14.5. The molecule has 6 rings (SSSR count). The van der Waals surface area contributed by atoms with Crippen LogP contribution < -0.4 is 9.80 Å². The van der Waals surface area contributed by atoms with Crippen LogP contribution in [0.25, 0.3) is 11.1 Å². The molecule has 0 N–H and O–H groups in total. The van der Waals surface area contributed by atoms with Crippen LogP contribution in [0.2, 0.25) is 0 Å². The van der Waals surface area contributed by atoms with Crippen LogP contribution in [0.3, 0.4) is 0 Å². The van der Waals surface area contributed by atoms with Crippen molar-refractivity contribution >= 4 is 29.2 Å². The number of alkyl halides is 6. The summed E-state index contributed by atoms with van der Waals surface area (Å²) in [5.74, 6) is -2.31. The van der Waals surface area contributed by atoms with E-state index in [0.717, 1.165) is 16.2 Å². The predicted molar refractivity (Wildman–Crippen MR) is 152 cm³/mol. The van der Waals surface area contributed by atoms with E-state index in [2.05, 4.69) is 4.98 Å². The second kappa shape index (κ2) is 10.9. The summed E-state index contributed by atoms with van der Waals surface area (Å²) in [4.78, 5) is 48.6. The molecule has 0 bridgehead atoms. The molecule has 3 aliphatic rings. The predicted octanol–water partition coefficient (Wildman–Crippen LogP) is 6.27. The summed E-state index contributed by atoms with van der Waals surface area (Å²) >= 11 is 0. The van der Waals surface area contributed by atoms with Gasteiger partial charge >= 0.3 is 12.4 Å². The van der Waals surface area contributed by atoms with Gasteiger partial charge in [-0.15, -0.1) is 0 Å². The highest BCUT2D eigenvalue weighted by atomic mass is 19.4. The fraction of sp³-hybridized carbons (Fsp3) is 0.375. The number of carbonyl (C=O) groups excluding carboxylic acids is 3. The standard InChI is InChI=1S/C32H27F7N4O3/c1-17-10-21(33)5-6-22(17)23-14-26(43-27(44)16-42-9-3-4-24(42)28(43)45)40-15-25(23)41(2)29(46)30(7-8-30)18-11-19(31(34,35)36)13-20(12-18)32(37,38)39/h5-6,10-15,24H,3-4,7-9,16H2,1-2H3/t24-/m0/s1. The van der Waals surface area contributed by atoms with E-state index >= 15 is 0 Å². The minimum atomic E-state index is -5.09. The van der Waals surface area contributed by atoms with Crippen molar-refractivity contribution in [3.05, 3.63) is 76.7 Å². The van der Waals surface area contributed by atoms with Gasteiger partial charge in [-0.05, 0) is 92.2 Å². The van der Waals surface area contributed by atoms with Crippen molar-refractivity contribution in [2.24, 2.45) is 0 Å². The lowest BCUT2D eigenvalue weighted by Crippen LogP contribution is -2.58. The van der Waals surface area contributed by atoms with Gasteiger partial charge in [0.25, 0.3) is 5.91 Å². The first-order valence-electron chi connectivity index (χ1n) is 14.5. The summed E-state index contributed by atoms with van der Waals surface area (Å²) in [6.07, 6.45) is -7.65. The Bertz CT molecular complexity index is 1740. The SMILES string of the molecule is Cc1cc(F)ccc1-c1cc(N2C(=O)CN3CCC[C@H]3C2=O)ncc1N(C)C(=O)C1(c2cc(C(F)(F)F)cc(C(F)(F)F)c2)CC1. The van der Waals surface area contributed by atoms with Crippen molar-refractivity contribution in [1.82, 2.24) is 9.88 Å². The molecule has 2 aliphatic heterocycles. The first-order chi connectivity index (χ1) is 21.5. The number of hydrogen-bond acceptors (Lipinski definition) is 5. The minimum absolute atomic E-state index is 0.000127. The Morgan fingerprint density at radius 1 is 0.957 bits per heavy atom. The fourth-order valence-corrected chi connectivity index (χ4v) is 6.44. The quantitative estimate of drug-likeness (QED) is 0.241. The van der Waals surface area contributed by atoms with Gasteiger partial charge in [0.15, 0.2) is 0 Å². The Balaban J connectivity index is 1.44. The van der Waals surface area contributed by atoms with Crippen LogP contribution in [-0.2, 0) is 32.2 Å². The summed E-state index contributed by atoms with van der Waals surface area (Å²) in [5.41, 5.74) is -3.96. The number of carbonyl (C=O) groups is 3. The van der Waals surface area contributed by atoms with E-state index in [9.17, 15) is 45.1 Å². The Morgan fingerprint density at radius 2 is 1.61 bits per heavy atom. The van der Waals surface area contributed by atoms with Crippen LogP contribution in [-0.4, -0.2) is 53.8 Å². The lowest BCUT2D eigenvalue weighted by molar-refractivity contribution is -0.143. The number of pyridine rings is 1. The van der Waals surface area contributed by atoms with E-state index in [-0.39, 0.29) is 42.5 Å². The summed E-state index contributed by atoms with van der Waals surface area (Å²) in [6.45, 7) is 2.21. The molecule has 0 spiro atoms.